The summed E-state index contributed by atoms with van der Waals surface area (Å²) in [7, 11) is -3.38. The molecule has 0 radical (unpaired) electrons. The van der Waals surface area contributed by atoms with E-state index in [1.54, 1.807) is 6.92 Å². The summed E-state index contributed by atoms with van der Waals surface area (Å²) in [5, 5.41) is 0. The monoisotopic (exact) mass is 429 g/mol. The normalized spacial score (nSPS) is 16.0. The van der Waals surface area contributed by atoms with E-state index in [9.17, 15) is 18.0 Å². The Labute approximate surface area is 175 Å². The van der Waals surface area contributed by atoms with E-state index in [2.05, 4.69) is 11.8 Å². The van der Waals surface area contributed by atoms with Crippen molar-refractivity contribution < 1.29 is 27.5 Å². The Morgan fingerprint density at radius 2 is 1.72 bits per heavy atom. The highest BCUT2D eigenvalue weighted by molar-refractivity contribution is 7.88. The smallest absolute Gasteiger partial charge is 0.305 e. The van der Waals surface area contributed by atoms with Gasteiger partial charge in [0, 0.05) is 19.9 Å². The molecule has 0 saturated heterocycles. The van der Waals surface area contributed by atoms with Crippen molar-refractivity contribution in [3.63, 3.8) is 0 Å². The van der Waals surface area contributed by atoms with Crippen LogP contribution in [0, 0.1) is 11.8 Å². The SMILES string of the molecule is CCOC(=O)CCCCCCN(CC#CC1(OC(C)=O)CCCCC1)S(C)(=O)=O. The standard InChI is InChI=1S/C21H35NO6S/c1-4-27-20(24)13-8-5-6-11-17-22(29(3,25)26)18-12-16-21(28-19(2)23)14-9-7-10-15-21/h4-11,13-15,17-18H2,1-3H3. The molecule has 1 fully saturated rings. The van der Waals surface area contributed by atoms with E-state index in [0.29, 0.717) is 38.8 Å². The first-order chi connectivity index (χ1) is 13.7. The van der Waals surface area contributed by atoms with Gasteiger partial charge in [-0.2, -0.15) is 4.31 Å². The molecule has 0 aromatic rings. The molecule has 0 aliphatic heterocycles. The Bertz CT molecular complexity index is 686. The zero-order valence-corrected chi connectivity index (χ0v) is 18.8. The lowest BCUT2D eigenvalue weighted by Crippen LogP contribution is -2.36. The molecule has 0 unspecified atom stereocenters. The van der Waals surface area contributed by atoms with E-state index in [1.807, 2.05) is 0 Å². The highest BCUT2D eigenvalue weighted by Gasteiger charge is 2.33. The fraction of sp³-hybridized carbons (Fsp3) is 0.810. The minimum absolute atomic E-state index is 0.0880. The van der Waals surface area contributed by atoms with Gasteiger partial charge in [0.1, 0.15) is 0 Å². The zero-order valence-electron chi connectivity index (χ0n) is 18.0. The van der Waals surface area contributed by atoms with Crippen LogP contribution in [0.2, 0.25) is 0 Å². The predicted octanol–water partition coefficient (Wildman–Crippen LogP) is 3.03. The number of esters is 2. The van der Waals surface area contributed by atoms with Gasteiger partial charge in [0.15, 0.2) is 5.60 Å². The van der Waals surface area contributed by atoms with Crippen LogP contribution in [-0.4, -0.2) is 56.2 Å². The van der Waals surface area contributed by atoms with Crippen molar-refractivity contribution in [1.29, 1.82) is 0 Å². The maximum Gasteiger partial charge on any atom is 0.305 e. The number of sulfonamides is 1. The van der Waals surface area contributed by atoms with Gasteiger partial charge >= 0.3 is 11.9 Å². The Morgan fingerprint density at radius 1 is 1.07 bits per heavy atom. The van der Waals surface area contributed by atoms with Crippen LogP contribution in [0.5, 0.6) is 0 Å². The fourth-order valence-corrected chi connectivity index (χ4v) is 4.21. The van der Waals surface area contributed by atoms with Gasteiger partial charge in [-0.1, -0.05) is 31.1 Å². The van der Waals surface area contributed by atoms with E-state index < -0.39 is 15.6 Å². The van der Waals surface area contributed by atoms with Crippen LogP contribution in [0.3, 0.4) is 0 Å². The van der Waals surface area contributed by atoms with Gasteiger partial charge in [0.25, 0.3) is 0 Å². The first-order valence-electron chi connectivity index (χ1n) is 10.5. The van der Waals surface area contributed by atoms with E-state index in [1.165, 1.54) is 17.5 Å². The molecule has 8 heteroatoms. The summed E-state index contributed by atoms with van der Waals surface area (Å²) < 4.78 is 35.9. The van der Waals surface area contributed by atoms with Crippen LogP contribution >= 0.6 is 0 Å². The molecule has 29 heavy (non-hydrogen) atoms. The van der Waals surface area contributed by atoms with Gasteiger partial charge < -0.3 is 9.47 Å². The number of nitrogens with zero attached hydrogens (tertiary/aromatic N) is 1. The molecule has 0 heterocycles. The molecule has 0 atom stereocenters. The molecule has 0 amide bonds. The lowest BCUT2D eigenvalue weighted by atomic mass is 9.85. The molecule has 0 aromatic carbocycles. The van der Waals surface area contributed by atoms with Crippen LogP contribution in [0.15, 0.2) is 0 Å². The molecule has 166 valence electrons. The quantitative estimate of drug-likeness (QED) is 0.285. The molecule has 1 aliphatic rings. The minimum Gasteiger partial charge on any atom is -0.466 e. The summed E-state index contributed by atoms with van der Waals surface area (Å²) in [6.45, 7) is 4.02. The van der Waals surface area contributed by atoms with Crippen molar-refractivity contribution in [3.05, 3.63) is 0 Å². The number of ether oxygens (including phenoxy) is 2. The second-order valence-corrected chi connectivity index (χ2v) is 9.50. The van der Waals surface area contributed by atoms with Crippen molar-refractivity contribution in [2.24, 2.45) is 0 Å². The molecule has 0 N–H and O–H groups in total. The van der Waals surface area contributed by atoms with Crippen LogP contribution in [0.25, 0.3) is 0 Å². The molecule has 1 rings (SSSR count). The van der Waals surface area contributed by atoms with Gasteiger partial charge in [-0.05, 0) is 45.4 Å². The van der Waals surface area contributed by atoms with E-state index >= 15 is 0 Å². The number of rotatable bonds is 11. The topological polar surface area (TPSA) is 90.0 Å². The number of carbonyl (C=O) groups is 2. The van der Waals surface area contributed by atoms with Gasteiger partial charge in [-0.15, -0.1) is 0 Å². The van der Waals surface area contributed by atoms with Crippen molar-refractivity contribution >= 4 is 22.0 Å². The highest BCUT2D eigenvalue weighted by Crippen LogP contribution is 2.31. The van der Waals surface area contributed by atoms with E-state index in [4.69, 9.17) is 9.47 Å². The molecular weight excluding hydrogens is 394 g/mol. The second-order valence-electron chi connectivity index (χ2n) is 7.52. The maximum atomic E-state index is 12.1. The summed E-state index contributed by atoms with van der Waals surface area (Å²) in [4.78, 5) is 22.8. The lowest BCUT2D eigenvalue weighted by molar-refractivity contribution is -0.153. The largest absolute Gasteiger partial charge is 0.466 e. The van der Waals surface area contributed by atoms with Gasteiger partial charge in [-0.3, -0.25) is 9.59 Å². The van der Waals surface area contributed by atoms with Gasteiger partial charge in [0.05, 0.1) is 19.4 Å². The first-order valence-corrected chi connectivity index (χ1v) is 12.3. The molecule has 0 spiro atoms. The van der Waals surface area contributed by atoms with Crippen LogP contribution < -0.4 is 0 Å². The zero-order chi connectivity index (χ0) is 21.8. The summed E-state index contributed by atoms with van der Waals surface area (Å²) in [6.07, 6.45) is 9.06. The molecule has 1 saturated carbocycles. The maximum absolute atomic E-state index is 12.1. The fourth-order valence-electron chi connectivity index (χ4n) is 3.45. The number of carbonyl (C=O) groups excluding carboxylic acids is 2. The van der Waals surface area contributed by atoms with Crippen molar-refractivity contribution in [1.82, 2.24) is 4.31 Å². The molecule has 7 nitrogen and oxygen atoms in total. The Balaban J connectivity index is 2.53. The van der Waals surface area contributed by atoms with Crippen molar-refractivity contribution in [2.75, 3.05) is 26.0 Å². The average molecular weight is 430 g/mol. The van der Waals surface area contributed by atoms with Crippen molar-refractivity contribution in [3.8, 4) is 11.8 Å². The number of unbranched alkanes of at least 4 members (excludes halogenated alkanes) is 3. The second kappa shape index (κ2) is 12.9. The van der Waals surface area contributed by atoms with Crippen LogP contribution in [0.4, 0.5) is 0 Å². The Hall–Kier alpha value is -1.59. The molecule has 0 bridgehead atoms. The summed E-state index contributed by atoms with van der Waals surface area (Å²) in [5.41, 5.74) is -0.777. The van der Waals surface area contributed by atoms with Gasteiger partial charge in [-0.25, -0.2) is 8.42 Å². The van der Waals surface area contributed by atoms with Gasteiger partial charge in [0.2, 0.25) is 10.0 Å². The lowest BCUT2D eigenvalue weighted by Gasteiger charge is -2.31. The molecule has 1 aliphatic carbocycles. The third-order valence-corrected chi connectivity index (χ3v) is 6.13. The molecule has 0 aromatic heterocycles. The highest BCUT2D eigenvalue weighted by atomic mass is 32.2. The third-order valence-electron chi connectivity index (χ3n) is 4.88. The third kappa shape index (κ3) is 10.7. The van der Waals surface area contributed by atoms with Crippen LogP contribution in [-0.2, 0) is 29.1 Å². The van der Waals surface area contributed by atoms with E-state index in [-0.39, 0.29) is 18.5 Å². The summed E-state index contributed by atoms with van der Waals surface area (Å²) in [6, 6.07) is 0. The minimum atomic E-state index is -3.38. The summed E-state index contributed by atoms with van der Waals surface area (Å²) in [5.74, 6) is 5.45. The van der Waals surface area contributed by atoms with Crippen molar-refractivity contribution in [2.45, 2.75) is 83.7 Å². The summed E-state index contributed by atoms with van der Waals surface area (Å²) >= 11 is 0. The first kappa shape index (κ1) is 25.4. The Kier molecular flexibility index (Phi) is 11.3. The Morgan fingerprint density at radius 3 is 2.31 bits per heavy atom. The number of hydrogen-bond donors (Lipinski definition) is 0. The van der Waals surface area contributed by atoms with E-state index in [0.717, 1.165) is 38.5 Å². The number of hydrogen-bond acceptors (Lipinski definition) is 6. The average Bonchev–Trinajstić information content (AvgIpc) is 2.62. The molecular formula is C21H35NO6S. The predicted molar refractivity (Wildman–Crippen MR) is 111 cm³/mol. The van der Waals surface area contributed by atoms with Crippen LogP contribution in [0.1, 0.15) is 78.1 Å².